The van der Waals surface area contributed by atoms with Gasteiger partial charge in [0, 0.05) is 37.2 Å². The van der Waals surface area contributed by atoms with Crippen LogP contribution in [0.1, 0.15) is 25.8 Å². The van der Waals surface area contributed by atoms with Gasteiger partial charge in [-0.05, 0) is 36.4 Å². The van der Waals surface area contributed by atoms with Crippen molar-refractivity contribution in [2.45, 2.75) is 25.8 Å². The Hall–Kier alpha value is -3.33. The van der Waals surface area contributed by atoms with Gasteiger partial charge in [-0.15, -0.1) is 5.10 Å². The highest BCUT2D eigenvalue weighted by Gasteiger charge is 2.26. The third kappa shape index (κ3) is 4.62. The number of nitrogens with zero attached hydrogens (tertiary/aromatic N) is 3. The maximum Gasteiger partial charge on any atom is 0.279 e. The van der Waals surface area contributed by atoms with Gasteiger partial charge in [-0.2, -0.15) is 0 Å². The number of nitrogens with one attached hydrogen (secondary N) is 3. The van der Waals surface area contributed by atoms with Crippen molar-refractivity contribution in [3.05, 3.63) is 48.3 Å². The highest BCUT2D eigenvalue weighted by molar-refractivity contribution is 5.92. The van der Waals surface area contributed by atoms with Crippen LogP contribution in [0.15, 0.2) is 42.5 Å². The van der Waals surface area contributed by atoms with Crippen molar-refractivity contribution < 1.29 is 18.9 Å². The van der Waals surface area contributed by atoms with E-state index in [1.165, 1.54) is 24.0 Å². The minimum atomic E-state index is -0.315. The maximum absolute atomic E-state index is 13.4. The summed E-state index contributed by atoms with van der Waals surface area (Å²) in [6.07, 6.45) is 1.76. The van der Waals surface area contributed by atoms with E-state index in [-0.39, 0.29) is 23.7 Å². The van der Waals surface area contributed by atoms with Crippen LogP contribution in [0.2, 0.25) is 0 Å². The number of quaternary nitrogens is 1. The van der Waals surface area contributed by atoms with Gasteiger partial charge in [-0.3, -0.25) is 9.59 Å². The van der Waals surface area contributed by atoms with Crippen molar-refractivity contribution in [3.63, 3.8) is 0 Å². The number of piperidine rings is 1. The molecule has 0 radical (unpaired) electrons. The number of hydrogen-bond donors (Lipinski definition) is 3. The monoisotopic (exact) mass is 411 g/mol. The number of anilines is 2. The largest absolute Gasteiger partial charge is 0.327 e. The van der Waals surface area contributed by atoms with Crippen LogP contribution in [-0.4, -0.2) is 46.4 Å². The minimum absolute atomic E-state index is 0.0441. The lowest BCUT2D eigenvalue weighted by atomic mass is 10.0. The summed E-state index contributed by atoms with van der Waals surface area (Å²) in [5, 5.41) is 13.9. The fourth-order valence-corrected chi connectivity index (χ4v) is 3.89. The summed E-state index contributed by atoms with van der Waals surface area (Å²) in [6.45, 7) is 3.54. The number of fused-ring (bicyclic) bond motifs is 1. The van der Waals surface area contributed by atoms with Gasteiger partial charge in [0.05, 0.1) is 24.6 Å². The van der Waals surface area contributed by atoms with Crippen LogP contribution in [0.3, 0.4) is 0 Å². The molecule has 8 nitrogen and oxygen atoms in total. The molecule has 1 fully saturated rings. The molecule has 3 N–H and O–H groups in total. The predicted octanol–water partition coefficient (Wildman–Crippen LogP) is 1.39. The average Bonchev–Trinajstić information content (AvgIpc) is 3.12. The molecule has 1 aromatic heterocycles. The third-order valence-electron chi connectivity index (χ3n) is 5.34. The van der Waals surface area contributed by atoms with E-state index < -0.39 is 0 Å². The van der Waals surface area contributed by atoms with Crippen LogP contribution in [0, 0.1) is 5.82 Å². The van der Waals surface area contributed by atoms with E-state index in [1.807, 2.05) is 4.68 Å². The fraction of sp³-hybridized carbons (Fsp3) is 0.333. The molecule has 9 heteroatoms. The molecule has 2 amide bonds. The topological polar surface area (TPSA) is 93.3 Å². The summed E-state index contributed by atoms with van der Waals surface area (Å²) in [6, 6.07) is 11.8. The zero-order valence-electron chi connectivity index (χ0n) is 16.7. The smallest absolute Gasteiger partial charge is 0.279 e. The molecule has 4 rings (SSSR count). The number of halogens is 1. The maximum atomic E-state index is 13.4. The SMILES string of the molecule is CC(=O)Nc1ccc(NC(=O)C[NH+]2CCC(n3nnc4cc(F)ccc43)CC2)cc1. The highest BCUT2D eigenvalue weighted by atomic mass is 19.1. The summed E-state index contributed by atoms with van der Waals surface area (Å²) >= 11 is 0. The number of carbonyl (C=O) groups excluding carboxylic acids is 2. The second kappa shape index (κ2) is 8.58. The minimum Gasteiger partial charge on any atom is -0.327 e. The van der Waals surface area contributed by atoms with Crippen LogP contribution in [0.4, 0.5) is 15.8 Å². The van der Waals surface area contributed by atoms with Crippen LogP contribution < -0.4 is 15.5 Å². The Labute approximate surface area is 173 Å². The molecule has 156 valence electrons. The number of rotatable bonds is 5. The van der Waals surface area contributed by atoms with Crippen LogP contribution in [0.25, 0.3) is 11.0 Å². The Morgan fingerprint density at radius 3 is 2.43 bits per heavy atom. The van der Waals surface area contributed by atoms with Gasteiger partial charge in [0.2, 0.25) is 5.91 Å². The van der Waals surface area contributed by atoms with E-state index in [0.29, 0.717) is 23.4 Å². The molecule has 1 aliphatic heterocycles. The normalized spacial score (nSPS) is 18.9. The molecule has 0 aliphatic carbocycles. The van der Waals surface area contributed by atoms with Crippen molar-refractivity contribution in [2.75, 3.05) is 30.3 Å². The summed E-state index contributed by atoms with van der Waals surface area (Å²) in [5.74, 6) is -0.494. The first-order chi connectivity index (χ1) is 14.5. The van der Waals surface area contributed by atoms with Crippen molar-refractivity contribution >= 4 is 34.2 Å². The molecule has 30 heavy (non-hydrogen) atoms. The molecule has 1 aliphatic rings. The number of carbonyl (C=O) groups is 2. The summed E-state index contributed by atoms with van der Waals surface area (Å²) in [5.41, 5.74) is 2.79. The zero-order valence-corrected chi connectivity index (χ0v) is 16.7. The lowest BCUT2D eigenvalue weighted by molar-refractivity contribution is -0.897. The predicted molar refractivity (Wildman–Crippen MR) is 111 cm³/mol. The molecule has 2 heterocycles. The van der Waals surface area contributed by atoms with Crippen LogP contribution >= 0.6 is 0 Å². The van der Waals surface area contributed by atoms with Gasteiger partial charge >= 0.3 is 0 Å². The van der Waals surface area contributed by atoms with E-state index in [1.54, 1.807) is 30.3 Å². The first-order valence-electron chi connectivity index (χ1n) is 9.99. The van der Waals surface area contributed by atoms with Crippen molar-refractivity contribution in [2.24, 2.45) is 0 Å². The van der Waals surface area contributed by atoms with Gasteiger partial charge in [0.15, 0.2) is 6.54 Å². The zero-order chi connectivity index (χ0) is 21.1. The van der Waals surface area contributed by atoms with Crippen molar-refractivity contribution in [1.82, 2.24) is 15.0 Å². The lowest BCUT2D eigenvalue weighted by Gasteiger charge is -2.29. The number of likely N-dealkylation sites (tertiary alicyclic amines) is 1. The lowest BCUT2D eigenvalue weighted by Crippen LogP contribution is -3.14. The molecule has 3 aromatic rings. The fourth-order valence-electron chi connectivity index (χ4n) is 3.89. The van der Waals surface area contributed by atoms with E-state index in [9.17, 15) is 14.0 Å². The number of benzene rings is 2. The molecule has 0 saturated carbocycles. The molecule has 1 saturated heterocycles. The van der Waals surface area contributed by atoms with Crippen molar-refractivity contribution in [1.29, 1.82) is 0 Å². The van der Waals surface area contributed by atoms with Gasteiger partial charge in [0.1, 0.15) is 11.3 Å². The van der Waals surface area contributed by atoms with Crippen LogP contribution in [0.5, 0.6) is 0 Å². The summed E-state index contributed by atoms with van der Waals surface area (Å²) in [7, 11) is 0. The van der Waals surface area contributed by atoms with E-state index in [4.69, 9.17) is 0 Å². The Bertz CT molecular complexity index is 1060. The van der Waals surface area contributed by atoms with Gasteiger partial charge in [-0.1, -0.05) is 5.21 Å². The summed E-state index contributed by atoms with van der Waals surface area (Å²) < 4.78 is 15.2. The second-order valence-electron chi connectivity index (χ2n) is 7.63. The summed E-state index contributed by atoms with van der Waals surface area (Å²) in [4.78, 5) is 24.7. The quantitative estimate of drug-likeness (QED) is 0.592. The van der Waals surface area contributed by atoms with Crippen LogP contribution in [-0.2, 0) is 9.59 Å². The highest BCUT2D eigenvalue weighted by Crippen LogP contribution is 2.22. The van der Waals surface area contributed by atoms with Gasteiger partial charge < -0.3 is 15.5 Å². The van der Waals surface area contributed by atoms with Gasteiger partial charge in [-0.25, -0.2) is 9.07 Å². The Kier molecular flexibility index (Phi) is 5.71. The molecule has 0 atom stereocenters. The second-order valence-corrected chi connectivity index (χ2v) is 7.63. The average molecular weight is 411 g/mol. The third-order valence-corrected chi connectivity index (χ3v) is 5.34. The van der Waals surface area contributed by atoms with E-state index >= 15 is 0 Å². The molecule has 0 bridgehead atoms. The van der Waals surface area contributed by atoms with E-state index in [0.717, 1.165) is 31.4 Å². The molecule has 2 aromatic carbocycles. The molecular weight excluding hydrogens is 387 g/mol. The van der Waals surface area contributed by atoms with Crippen molar-refractivity contribution in [3.8, 4) is 0 Å². The standard InChI is InChI=1S/C21H23FN6O2/c1-14(29)23-16-3-5-17(6-4-16)24-21(30)13-27-10-8-18(9-11-27)28-20-7-2-15(22)12-19(20)25-26-28/h2-7,12,18H,8-11,13H2,1H3,(H,23,29)(H,24,30)/p+1. The molecule has 0 spiro atoms. The Balaban J connectivity index is 1.29. The first-order valence-corrected chi connectivity index (χ1v) is 9.99. The first kappa shape index (κ1) is 20.0. The Morgan fingerprint density at radius 1 is 1.10 bits per heavy atom. The number of amides is 2. The number of aromatic nitrogens is 3. The number of hydrogen-bond acceptors (Lipinski definition) is 4. The van der Waals surface area contributed by atoms with Gasteiger partial charge in [0.25, 0.3) is 5.91 Å². The van der Waals surface area contributed by atoms with E-state index in [2.05, 4.69) is 20.9 Å². The molecule has 0 unspecified atom stereocenters. The molecular formula is C21H24FN6O2+. The Morgan fingerprint density at radius 2 is 1.77 bits per heavy atom.